The van der Waals surface area contributed by atoms with Gasteiger partial charge in [0.05, 0.1) is 0 Å². The van der Waals surface area contributed by atoms with Crippen LogP contribution in [0.15, 0.2) is 0 Å². The second kappa shape index (κ2) is 6.37. The van der Waals surface area contributed by atoms with Crippen molar-refractivity contribution in [3.05, 3.63) is 0 Å². The van der Waals surface area contributed by atoms with Crippen molar-refractivity contribution in [3.8, 4) is 0 Å². The Balaban J connectivity index is 4.61. The molecule has 18 heavy (non-hydrogen) atoms. The lowest BCUT2D eigenvalue weighted by Gasteiger charge is -2.15. The van der Waals surface area contributed by atoms with Crippen LogP contribution in [0.25, 0.3) is 0 Å². The van der Waals surface area contributed by atoms with Crippen molar-refractivity contribution in [2.24, 2.45) is 5.92 Å². The molecule has 1 atom stereocenters. The lowest BCUT2D eigenvalue weighted by molar-refractivity contribution is -0.146. The minimum Gasteiger partial charge on any atom is -0.479 e. The SMILES string of the molecule is CC(C)CCCC(OS(=O)(=O)C(F)(F)F)C(=O)O. The van der Waals surface area contributed by atoms with E-state index >= 15 is 0 Å². The predicted molar refractivity (Wildman–Crippen MR) is 56.2 cm³/mol. The van der Waals surface area contributed by atoms with E-state index in [1.54, 1.807) is 0 Å². The van der Waals surface area contributed by atoms with E-state index < -0.39 is 27.7 Å². The molecule has 0 heterocycles. The third-order valence-corrected chi connectivity index (χ3v) is 3.10. The first kappa shape index (κ1) is 17.2. The average molecular weight is 292 g/mol. The van der Waals surface area contributed by atoms with E-state index in [0.717, 1.165) is 0 Å². The van der Waals surface area contributed by atoms with Gasteiger partial charge in [-0.05, 0) is 18.8 Å². The number of alkyl halides is 3. The fourth-order valence-corrected chi connectivity index (χ4v) is 1.73. The Labute approximate surface area is 103 Å². The van der Waals surface area contributed by atoms with Crippen molar-refractivity contribution in [2.75, 3.05) is 0 Å². The van der Waals surface area contributed by atoms with Gasteiger partial charge in [0.1, 0.15) is 0 Å². The molecule has 0 aromatic carbocycles. The zero-order chi connectivity index (χ0) is 14.6. The summed E-state index contributed by atoms with van der Waals surface area (Å²) in [6.07, 6.45) is -1.46. The van der Waals surface area contributed by atoms with Crippen LogP contribution in [0.2, 0.25) is 0 Å². The van der Waals surface area contributed by atoms with Gasteiger partial charge in [0.25, 0.3) is 0 Å². The summed E-state index contributed by atoms with van der Waals surface area (Å²) in [4.78, 5) is 10.6. The number of hydrogen-bond acceptors (Lipinski definition) is 4. The highest BCUT2D eigenvalue weighted by Crippen LogP contribution is 2.26. The summed E-state index contributed by atoms with van der Waals surface area (Å²) >= 11 is 0. The fourth-order valence-electron chi connectivity index (χ4n) is 1.13. The van der Waals surface area contributed by atoms with Crippen molar-refractivity contribution >= 4 is 16.1 Å². The number of carboxylic acids is 1. The van der Waals surface area contributed by atoms with Crippen molar-refractivity contribution in [1.29, 1.82) is 0 Å². The Morgan fingerprint density at radius 2 is 1.78 bits per heavy atom. The van der Waals surface area contributed by atoms with Crippen molar-refractivity contribution in [1.82, 2.24) is 0 Å². The van der Waals surface area contributed by atoms with Crippen molar-refractivity contribution in [3.63, 3.8) is 0 Å². The molecule has 1 N–H and O–H groups in total. The quantitative estimate of drug-likeness (QED) is 0.574. The summed E-state index contributed by atoms with van der Waals surface area (Å²) in [7, 11) is -5.87. The molecule has 0 amide bonds. The Morgan fingerprint density at radius 3 is 2.11 bits per heavy atom. The largest absolute Gasteiger partial charge is 0.523 e. The van der Waals surface area contributed by atoms with Gasteiger partial charge in [-0.1, -0.05) is 20.3 Å². The summed E-state index contributed by atoms with van der Waals surface area (Å²) in [5, 5.41) is 8.61. The van der Waals surface area contributed by atoms with Gasteiger partial charge in [-0.2, -0.15) is 21.6 Å². The molecule has 0 aromatic rings. The molecule has 1 unspecified atom stereocenters. The Morgan fingerprint density at radius 1 is 1.28 bits per heavy atom. The number of hydrogen-bond donors (Lipinski definition) is 1. The second-order valence-corrected chi connectivity index (χ2v) is 5.71. The summed E-state index contributed by atoms with van der Waals surface area (Å²) in [6.45, 7) is 3.70. The average Bonchev–Trinajstić information content (AvgIpc) is 2.13. The zero-order valence-corrected chi connectivity index (χ0v) is 10.7. The number of aliphatic carboxylic acids is 1. The molecular weight excluding hydrogens is 277 g/mol. The van der Waals surface area contributed by atoms with Crippen molar-refractivity contribution < 1.29 is 35.7 Å². The Bertz CT molecular complexity index is 374. The van der Waals surface area contributed by atoms with Gasteiger partial charge < -0.3 is 5.11 Å². The Kier molecular flexibility index (Phi) is 6.08. The molecule has 0 saturated carbocycles. The number of carboxylic acid groups (broad SMARTS) is 1. The maximum absolute atomic E-state index is 12.0. The zero-order valence-electron chi connectivity index (χ0n) is 9.90. The lowest BCUT2D eigenvalue weighted by atomic mass is 10.0. The lowest BCUT2D eigenvalue weighted by Crippen LogP contribution is -2.34. The molecule has 0 radical (unpaired) electrons. The standard InChI is InChI=1S/C9H15F3O5S/c1-6(2)4-3-5-7(8(13)14)17-18(15,16)9(10,11)12/h6-7H,3-5H2,1-2H3,(H,13,14). The highest BCUT2D eigenvalue weighted by molar-refractivity contribution is 7.87. The van der Waals surface area contributed by atoms with E-state index in [4.69, 9.17) is 5.11 Å². The van der Waals surface area contributed by atoms with Gasteiger partial charge in [0.15, 0.2) is 6.10 Å². The molecule has 0 aliphatic heterocycles. The van der Waals surface area contributed by atoms with Gasteiger partial charge in [0, 0.05) is 0 Å². The highest BCUT2D eigenvalue weighted by atomic mass is 32.2. The van der Waals surface area contributed by atoms with Crippen LogP contribution in [0, 0.1) is 5.92 Å². The van der Waals surface area contributed by atoms with Gasteiger partial charge >= 0.3 is 21.6 Å². The Hall–Kier alpha value is -0.830. The van der Waals surface area contributed by atoms with Crippen LogP contribution < -0.4 is 0 Å². The first-order chi connectivity index (χ1) is 7.97. The molecule has 0 aliphatic rings. The monoisotopic (exact) mass is 292 g/mol. The summed E-state index contributed by atoms with van der Waals surface area (Å²) in [5.41, 5.74) is -5.61. The fraction of sp³-hybridized carbons (Fsp3) is 0.889. The highest BCUT2D eigenvalue weighted by Gasteiger charge is 2.49. The summed E-state index contributed by atoms with van der Waals surface area (Å²) in [6, 6.07) is 0. The summed E-state index contributed by atoms with van der Waals surface area (Å²) in [5.74, 6) is -1.50. The van der Waals surface area contributed by atoms with Crippen LogP contribution in [0.3, 0.4) is 0 Å². The maximum Gasteiger partial charge on any atom is 0.523 e. The minimum absolute atomic E-state index is 0.235. The molecule has 0 bridgehead atoms. The summed E-state index contributed by atoms with van der Waals surface area (Å²) < 4.78 is 61.0. The third-order valence-electron chi connectivity index (χ3n) is 2.05. The third kappa shape index (κ3) is 5.67. The topological polar surface area (TPSA) is 80.7 Å². The van der Waals surface area contributed by atoms with E-state index in [2.05, 4.69) is 4.18 Å². The predicted octanol–water partition coefficient (Wildman–Crippen LogP) is 2.13. The van der Waals surface area contributed by atoms with E-state index in [9.17, 15) is 26.4 Å². The van der Waals surface area contributed by atoms with Crippen LogP contribution in [0.1, 0.15) is 33.1 Å². The molecule has 0 spiro atoms. The van der Waals surface area contributed by atoms with Crippen LogP contribution >= 0.6 is 0 Å². The van der Waals surface area contributed by atoms with Crippen LogP contribution in [0.5, 0.6) is 0 Å². The molecule has 0 rings (SSSR count). The molecule has 0 fully saturated rings. The molecule has 108 valence electrons. The van der Waals surface area contributed by atoms with Crippen LogP contribution in [-0.2, 0) is 19.1 Å². The first-order valence-electron chi connectivity index (χ1n) is 5.19. The van der Waals surface area contributed by atoms with E-state index in [0.29, 0.717) is 6.42 Å². The normalized spacial score (nSPS) is 14.8. The molecule has 5 nitrogen and oxygen atoms in total. The van der Waals surface area contributed by atoms with Gasteiger partial charge in [0.2, 0.25) is 0 Å². The van der Waals surface area contributed by atoms with Crippen LogP contribution in [0.4, 0.5) is 13.2 Å². The molecule has 0 aliphatic carbocycles. The smallest absolute Gasteiger partial charge is 0.479 e. The molecule has 9 heteroatoms. The molecule has 0 aromatic heterocycles. The van der Waals surface area contributed by atoms with E-state index in [-0.39, 0.29) is 18.8 Å². The van der Waals surface area contributed by atoms with Gasteiger partial charge in [-0.15, -0.1) is 0 Å². The second-order valence-electron chi connectivity index (χ2n) is 4.15. The van der Waals surface area contributed by atoms with Crippen LogP contribution in [-0.4, -0.2) is 31.1 Å². The van der Waals surface area contributed by atoms with Gasteiger partial charge in [-0.3, -0.25) is 0 Å². The number of rotatable bonds is 7. The molecule has 0 saturated heterocycles. The number of carbonyl (C=O) groups is 1. The van der Waals surface area contributed by atoms with E-state index in [1.807, 2.05) is 13.8 Å². The van der Waals surface area contributed by atoms with Gasteiger partial charge in [-0.25, -0.2) is 8.98 Å². The minimum atomic E-state index is -5.87. The number of halogens is 3. The maximum atomic E-state index is 12.0. The molecular formula is C9H15F3O5S. The first-order valence-corrected chi connectivity index (χ1v) is 6.60. The van der Waals surface area contributed by atoms with Crippen molar-refractivity contribution in [2.45, 2.75) is 44.7 Å². The van der Waals surface area contributed by atoms with E-state index in [1.165, 1.54) is 0 Å².